The van der Waals surface area contributed by atoms with Crippen molar-refractivity contribution < 1.29 is 19.6 Å². The van der Waals surface area contributed by atoms with Gasteiger partial charge in [-0.2, -0.15) is 0 Å². The van der Waals surface area contributed by atoms with Crippen LogP contribution in [-0.4, -0.2) is 22.6 Å². The molecule has 0 fully saturated rings. The molecule has 0 aliphatic carbocycles. The van der Waals surface area contributed by atoms with Crippen LogP contribution in [0.2, 0.25) is 0 Å². The second-order valence-corrected chi connectivity index (χ2v) is 4.20. The molecule has 1 aromatic rings. The quantitative estimate of drug-likeness (QED) is 0.627. The van der Waals surface area contributed by atoms with Crippen LogP contribution in [0, 0.1) is 15.5 Å². The first kappa shape index (κ1) is 13.0. The van der Waals surface area contributed by atoms with Gasteiger partial charge in [0.25, 0.3) is 0 Å². The fourth-order valence-electron chi connectivity index (χ4n) is 1.05. The normalized spacial score (nSPS) is 10.9. The van der Waals surface area contributed by atoms with Crippen LogP contribution in [0.1, 0.15) is 13.8 Å². The van der Waals surface area contributed by atoms with Crippen molar-refractivity contribution >= 4 is 11.7 Å². The van der Waals surface area contributed by atoms with E-state index in [0.717, 1.165) is 0 Å². The smallest absolute Gasteiger partial charge is 0.312 e. The van der Waals surface area contributed by atoms with Crippen molar-refractivity contribution in [3.05, 3.63) is 34.4 Å². The molecule has 0 aliphatic rings. The van der Waals surface area contributed by atoms with Crippen molar-refractivity contribution in [2.45, 2.75) is 13.8 Å². The van der Waals surface area contributed by atoms with Gasteiger partial charge in [0.1, 0.15) is 6.61 Å². The average molecular weight is 239 g/mol. The van der Waals surface area contributed by atoms with E-state index in [-0.39, 0.29) is 18.0 Å². The SMILES string of the molecule is CC(C)(COc1ccccc1[N+](=O)[O-])C(=O)O. The van der Waals surface area contributed by atoms with Gasteiger partial charge in [-0.1, -0.05) is 12.1 Å². The molecule has 92 valence electrons. The number of hydrogen-bond acceptors (Lipinski definition) is 4. The first-order valence-electron chi connectivity index (χ1n) is 4.94. The van der Waals surface area contributed by atoms with E-state index >= 15 is 0 Å². The summed E-state index contributed by atoms with van der Waals surface area (Å²) in [4.78, 5) is 21.0. The van der Waals surface area contributed by atoms with Gasteiger partial charge >= 0.3 is 11.7 Å². The van der Waals surface area contributed by atoms with Crippen LogP contribution < -0.4 is 4.74 Å². The van der Waals surface area contributed by atoms with E-state index in [4.69, 9.17) is 9.84 Å². The second-order valence-electron chi connectivity index (χ2n) is 4.20. The van der Waals surface area contributed by atoms with Gasteiger partial charge in [-0.05, 0) is 19.9 Å². The fraction of sp³-hybridized carbons (Fsp3) is 0.364. The van der Waals surface area contributed by atoms with Crippen LogP contribution in [0.3, 0.4) is 0 Å². The number of hydrogen-bond donors (Lipinski definition) is 1. The summed E-state index contributed by atoms with van der Waals surface area (Å²) in [6.45, 7) is 2.85. The summed E-state index contributed by atoms with van der Waals surface area (Å²) in [6, 6.07) is 5.86. The van der Waals surface area contributed by atoms with Crippen LogP contribution in [0.15, 0.2) is 24.3 Å². The van der Waals surface area contributed by atoms with Crippen LogP contribution in [0.25, 0.3) is 0 Å². The summed E-state index contributed by atoms with van der Waals surface area (Å²) >= 11 is 0. The summed E-state index contributed by atoms with van der Waals surface area (Å²) in [5.41, 5.74) is -1.27. The molecule has 6 heteroatoms. The van der Waals surface area contributed by atoms with Gasteiger partial charge in [-0.25, -0.2) is 0 Å². The standard InChI is InChI=1S/C11H13NO5/c1-11(2,10(13)14)7-17-9-6-4-3-5-8(9)12(15)16/h3-6H,7H2,1-2H3,(H,13,14). The Kier molecular flexibility index (Phi) is 3.67. The second kappa shape index (κ2) is 4.82. The topological polar surface area (TPSA) is 89.7 Å². The molecule has 1 rings (SSSR count). The van der Waals surface area contributed by atoms with Crippen molar-refractivity contribution in [3.63, 3.8) is 0 Å². The lowest BCUT2D eigenvalue weighted by atomic mass is 9.95. The number of nitrogens with zero attached hydrogens (tertiary/aromatic N) is 1. The Hall–Kier alpha value is -2.11. The Labute approximate surface area is 98.0 Å². The van der Waals surface area contributed by atoms with Gasteiger partial charge in [0.2, 0.25) is 0 Å². The molecule has 0 bridgehead atoms. The highest BCUT2D eigenvalue weighted by Gasteiger charge is 2.29. The van der Waals surface area contributed by atoms with E-state index in [0.29, 0.717) is 0 Å². The Morgan fingerprint density at radius 2 is 2.06 bits per heavy atom. The maximum atomic E-state index is 10.8. The molecular weight excluding hydrogens is 226 g/mol. The van der Waals surface area contributed by atoms with E-state index in [2.05, 4.69) is 0 Å². The number of nitro groups is 1. The predicted octanol–water partition coefficient (Wildman–Crippen LogP) is 2.08. The lowest BCUT2D eigenvalue weighted by Gasteiger charge is -2.19. The summed E-state index contributed by atoms with van der Waals surface area (Å²) < 4.78 is 5.20. The molecule has 0 spiro atoms. The molecule has 1 aromatic carbocycles. The van der Waals surface area contributed by atoms with E-state index in [1.54, 1.807) is 6.07 Å². The molecule has 0 heterocycles. The summed E-state index contributed by atoms with van der Waals surface area (Å²) in [5, 5.41) is 19.6. The molecular formula is C11H13NO5. The number of benzene rings is 1. The summed E-state index contributed by atoms with van der Waals surface area (Å²) in [5.74, 6) is -0.942. The average Bonchev–Trinajstić information content (AvgIpc) is 2.26. The monoisotopic (exact) mass is 239 g/mol. The minimum Gasteiger partial charge on any atom is -0.486 e. The van der Waals surface area contributed by atoms with E-state index in [1.165, 1.54) is 32.0 Å². The third-order valence-electron chi connectivity index (χ3n) is 2.23. The highest BCUT2D eigenvalue weighted by Crippen LogP contribution is 2.27. The zero-order valence-corrected chi connectivity index (χ0v) is 9.54. The first-order chi connectivity index (χ1) is 7.84. The predicted molar refractivity (Wildman–Crippen MR) is 60.0 cm³/mol. The molecule has 6 nitrogen and oxygen atoms in total. The Morgan fingerprint density at radius 1 is 1.47 bits per heavy atom. The summed E-state index contributed by atoms with van der Waals surface area (Å²) in [7, 11) is 0. The number of aliphatic carboxylic acids is 1. The molecule has 0 saturated carbocycles. The van der Waals surface area contributed by atoms with Crippen molar-refractivity contribution in [3.8, 4) is 5.75 Å². The molecule has 0 saturated heterocycles. The molecule has 0 radical (unpaired) electrons. The molecule has 17 heavy (non-hydrogen) atoms. The largest absolute Gasteiger partial charge is 0.486 e. The van der Waals surface area contributed by atoms with Gasteiger partial charge < -0.3 is 9.84 Å². The highest BCUT2D eigenvalue weighted by atomic mass is 16.6. The van der Waals surface area contributed by atoms with Gasteiger partial charge in [0.15, 0.2) is 5.75 Å². The van der Waals surface area contributed by atoms with Crippen molar-refractivity contribution in [1.82, 2.24) is 0 Å². The molecule has 0 amide bonds. The maximum absolute atomic E-state index is 10.8. The maximum Gasteiger partial charge on any atom is 0.312 e. The van der Waals surface area contributed by atoms with Crippen molar-refractivity contribution in [1.29, 1.82) is 0 Å². The van der Waals surface area contributed by atoms with Crippen molar-refractivity contribution in [2.24, 2.45) is 5.41 Å². The number of para-hydroxylation sites is 2. The minimum absolute atomic E-state index is 0.0758. The Morgan fingerprint density at radius 3 is 2.59 bits per heavy atom. The van der Waals surface area contributed by atoms with Gasteiger partial charge in [0.05, 0.1) is 10.3 Å². The van der Waals surface area contributed by atoms with Crippen LogP contribution in [-0.2, 0) is 4.79 Å². The van der Waals surface area contributed by atoms with Crippen LogP contribution in [0.5, 0.6) is 5.75 Å². The van der Waals surface area contributed by atoms with Gasteiger partial charge in [0, 0.05) is 6.07 Å². The Bertz CT molecular complexity index is 441. The highest BCUT2D eigenvalue weighted by molar-refractivity contribution is 5.73. The van der Waals surface area contributed by atoms with E-state index in [1.807, 2.05) is 0 Å². The number of ether oxygens (including phenoxy) is 1. The zero-order chi connectivity index (χ0) is 13.1. The molecule has 0 aliphatic heterocycles. The first-order valence-corrected chi connectivity index (χ1v) is 4.94. The number of carboxylic acid groups (broad SMARTS) is 1. The fourth-order valence-corrected chi connectivity index (χ4v) is 1.05. The molecule has 1 N–H and O–H groups in total. The van der Waals surface area contributed by atoms with Crippen LogP contribution >= 0.6 is 0 Å². The molecule has 0 aromatic heterocycles. The summed E-state index contributed by atoms with van der Waals surface area (Å²) in [6.07, 6.45) is 0. The minimum atomic E-state index is -1.09. The third-order valence-corrected chi connectivity index (χ3v) is 2.23. The van der Waals surface area contributed by atoms with Gasteiger partial charge in [-0.3, -0.25) is 14.9 Å². The number of carboxylic acids is 1. The third kappa shape index (κ3) is 3.17. The number of nitro benzene ring substituents is 1. The van der Waals surface area contributed by atoms with Gasteiger partial charge in [-0.15, -0.1) is 0 Å². The molecule has 0 atom stereocenters. The van der Waals surface area contributed by atoms with Crippen molar-refractivity contribution in [2.75, 3.05) is 6.61 Å². The number of rotatable bonds is 5. The van der Waals surface area contributed by atoms with E-state index < -0.39 is 16.3 Å². The Balaban J connectivity index is 2.83. The lowest BCUT2D eigenvalue weighted by Crippen LogP contribution is -2.30. The molecule has 0 unspecified atom stereocenters. The number of carbonyl (C=O) groups is 1. The van der Waals surface area contributed by atoms with Crippen LogP contribution in [0.4, 0.5) is 5.69 Å². The zero-order valence-electron chi connectivity index (χ0n) is 9.54. The van der Waals surface area contributed by atoms with E-state index in [9.17, 15) is 14.9 Å². The lowest BCUT2D eigenvalue weighted by molar-refractivity contribution is -0.385.